The van der Waals surface area contributed by atoms with E-state index in [-0.39, 0.29) is 9.90 Å². The van der Waals surface area contributed by atoms with Crippen molar-refractivity contribution < 1.29 is 0 Å². The second-order valence-electron chi connectivity index (χ2n) is 0.0583. The van der Waals surface area contributed by atoms with Crippen molar-refractivity contribution >= 4 is 60.4 Å². The first-order valence-corrected chi connectivity index (χ1v) is 13.9. The van der Waals surface area contributed by atoms with Crippen molar-refractivity contribution in [2.24, 2.45) is 0 Å². The minimum atomic E-state index is 0. The zero-order valence-electron chi connectivity index (χ0n) is 1.61. The van der Waals surface area contributed by atoms with E-state index in [1.807, 2.05) is 0 Å². The van der Waals surface area contributed by atoms with Gasteiger partial charge in [-0.15, -0.1) is 0 Å². The molecule has 0 aliphatic carbocycles. The molecule has 4 heteroatoms. The monoisotopic (exact) mass is 413 g/mol. The summed E-state index contributed by atoms with van der Waals surface area (Å²) in [5.41, 5.74) is 0. The number of hydrogen-bond acceptors (Lipinski definition) is 0. The zero-order chi connectivity index (χ0) is 2.71. The molecule has 0 rings (SSSR count). The molecule has 0 aromatic heterocycles. The Kier molecular flexibility index (Phi) is 22.4. The molecule has 3 radical (unpaired) electrons. The van der Waals surface area contributed by atoms with Gasteiger partial charge in [-0.2, -0.15) is 0 Å². The maximum atomic E-state index is 2.41. The fraction of sp³-hybridized carbons (Fsp3) is 0. The van der Waals surface area contributed by atoms with Gasteiger partial charge >= 0.3 is 50.5 Å². The van der Waals surface area contributed by atoms with Crippen molar-refractivity contribution in [1.29, 1.82) is 0 Å². The van der Waals surface area contributed by atoms with E-state index in [4.69, 9.17) is 0 Å². The Morgan fingerprint density at radius 3 is 1.25 bits per heavy atom. The van der Waals surface area contributed by atoms with Crippen molar-refractivity contribution in [3.05, 3.63) is 0 Å². The smallest absolute Gasteiger partial charge is 0 e. The van der Waals surface area contributed by atoms with Crippen LogP contribution >= 0.6 is 60.4 Å². The average Bonchev–Trinajstić information content (AvgIpc) is 0.918. The van der Waals surface area contributed by atoms with Crippen LogP contribution in [0, 0.1) is 0 Å². The Hall–Kier alpha value is 2.62. The van der Waals surface area contributed by atoms with Crippen molar-refractivity contribution in [1.82, 2.24) is 0 Å². The molecular weight excluding hydrogens is 412 g/mol. The van der Waals surface area contributed by atoms with E-state index >= 15 is 0 Å². The van der Waals surface area contributed by atoms with Gasteiger partial charge in [0.1, 0.15) is 0 Å². The molecule has 0 aliphatic heterocycles. The van der Waals surface area contributed by atoms with Crippen LogP contribution in [0.2, 0.25) is 0 Å². The molecule has 0 unspecified atom stereocenters. The minimum Gasteiger partial charge on any atom is 0 e. The van der Waals surface area contributed by atoms with Crippen LogP contribution < -0.4 is 0 Å². The van der Waals surface area contributed by atoms with Crippen LogP contribution in [0.5, 0.6) is 0 Å². The van der Waals surface area contributed by atoms with Gasteiger partial charge in [-0.05, 0) is 0 Å². The summed E-state index contributed by atoms with van der Waals surface area (Å²) in [7, 11) is 0. The summed E-state index contributed by atoms with van der Waals surface area (Å²) in [5.74, 6) is 0. The van der Waals surface area contributed by atoms with Gasteiger partial charge in [0.2, 0.25) is 0 Å². The zero-order valence-corrected chi connectivity index (χ0v) is 9.15. The molecule has 0 aliphatic rings. The van der Waals surface area contributed by atoms with E-state index in [0.29, 0.717) is 13.3 Å². The van der Waals surface area contributed by atoms with Gasteiger partial charge in [0, 0.05) is 9.90 Å². The fourth-order valence-corrected chi connectivity index (χ4v) is 0. The molecular formula is HI3P. The third kappa shape index (κ3) is 8.82. The van der Waals surface area contributed by atoms with Crippen molar-refractivity contribution in [2.45, 2.75) is 0 Å². The molecule has 27 valence electrons. The van der Waals surface area contributed by atoms with Gasteiger partial charge in [0.05, 0.1) is 0 Å². The molecule has 0 nitrogen and oxygen atoms in total. The van der Waals surface area contributed by atoms with E-state index in [1.54, 1.807) is 0 Å². The van der Waals surface area contributed by atoms with Gasteiger partial charge in [0.15, 0.2) is 0 Å². The summed E-state index contributed by atoms with van der Waals surface area (Å²) in [6, 6.07) is 0. The van der Waals surface area contributed by atoms with E-state index < -0.39 is 0 Å². The third-order valence-electron chi connectivity index (χ3n) is 0. The molecule has 0 aromatic rings. The molecule has 0 atom stereocenters. The average molecular weight is 413 g/mol. The minimum absolute atomic E-state index is 0. The second kappa shape index (κ2) is 9.15. The Morgan fingerprint density at radius 2 is 1.25 bits per heavy atom. The summed E-state index contributed by atoms with van der Waals surface area (Å²) >= 11 is 5.22. The first-order chi connectivity index (χ1) is 1.41. The number of hydrogen-bond donors (Lipinski definition) is 0. The molecule has 0 N–H and O–H groups in total. The van der Waals surface area contributed by atoms with Gasteiger partial charge in [-0.1, -0.05) is 0 Å². The molecule has 0 spiro atoms. The van der Waals surface area contributed by atoms with E-state index in [1.165, 1.54) is 0 Å². The molecule has 0 bridgehead atoms. The normalized spacial score (nSPS) is 5.50. The Labute approximate surface area is 59.1 Å². The third-order valence-corrected chi connectivity index (χ3v) is 0. The van der Waals surface area contributed by atoms with Crippen LogP contribution in [0.1, 0.15) is 0 Å². The van der Waals surface area contributed by atoms with Crippen LogP contribution in [-0.2, 0) is 0 Å². The summed E-state index contributed by atoms with van der Waals surface area (Å²) in [4.78, 5) is 0. The van der Waals surface area contributed by atoms with Gasteiger partial charge in [-0.3, -0.25) is 0 Å². The Morgan fingerprint density at radius 1 is 1.25 bits per heavy atom. The van der Waals surface area contributed by atoms with Crippen LogP contribution in [0.25, 0.3) is 0 Å². The largest absolute Gasteiger partial charge is 0 e. The van der Waals surface area contributed by atoms with Gasteiger partial charge in [-0.25, -0.2) is 0 Å². The standard InChI is InChI=1S/HI3.P/c1-3-2;/h3H;. The Bertz CT molecular complexity index is 3.25. The predicted octanol–water partition coefficient (Wildman–Crippen LogP) is 3.25. The maximum absolute atomic E-state index is 2.41. The van der Waals surface area contributed by atoms with Crippen LogP contribution in [0.3, 0.4) is 0 Å². The summed E-state index contributed by atoms with van der Waals surface area (Å²) in [5, 5.41) is 0. The van der Waals surface area contributed by atoms with E-state index in [2.05, 4.69) is 37.2 Å². The molecule has 0 saturated carbocycles. The van der Waals surface area contributed by atoms with Crippen LogP contribution in [0.15, 0.2) is 0 Å². The summed E-state index contributed by atoms with van der Waals surface area (Å²) in [6.07, 6.45) is 0. The Balaban J connectivity index is 0. The van der Waals surface area contributed by atoms with E-state index in [9.17, 15) is 0 Å². The van der Waals surface area contributed by atoms with Crippen LogP contribution in [0.4, 0.5) is 0 Å². The van der Waals surface area contributed by atoms with Crippen molar-refractivity contribution in [3.63, 3.8) is 0 Å². The second-order valence-corrected chi connectivity index (χ2v) is 17.6. The van der Waals surface area contributed by atoms with Crippen molar-refractivity contribution in [3.8, 4) is 0 Å². The fourth-order valence-electron chi connectivity index (χ4n) is 0. The maximum Gasteiger partial charge on any atom is 0 e. The van der Waals surface area contributed by atoms with Gasteiger partial charge < -0.3 is 0 Å². The van der Waals surface area contributed by atoms with Crippen LogP contribution in [-0.4, -0.2) is 0 Å². The SMILES string of the molecule is I[IH]I.[P]. The molecule has 0 fully saturated rings. The van der Waals surface area contributed by atoms with Crippen molar-refractivity contribution in [2.75, 3.05) is 0 Å². The first kappa shape index (κ1) is 9.80. The molecule has 4 heavy (non-hydrogen) atoms. The molecule has 0 aromatic carbocycles. The molecule has 0 heterocycles. The van der Waals surface area contributed by atoms with E-state index in [0.717, 1.165) is 0 Å². The number of rotatable bonds is 0. The quantitative estimate of drug-likeness (QED) is 0.423. The molecule has 0 saturated heterocycles. The predicted molar refractivity (Wildman–Crippen MR) is 50.4 cm³/mol. The first-order valence-electron chi connectivity index (χ1n) is 0.309. The van der Waals surface area contributed by atoms with Gasteiger partial charge in [0.25, 0.3) is 0 Å². The summed E-state index contributed by atoms with van der Waals surface area (Å²) < 4.78 is 0. The summed E-state index contributed by atoms with van der Waals surface area (Å²) in [6.45, 7) is 0. The number of halogens is 3. The topological polar surface area (TPSA) is 0 Å². The molecule has 0 amide bonds.